The third kappa shape index (κ3) is 2.60. The molecule has 0 aromatic heterocycles. The Bertz CT molecular complexity index is 486. The van der Waals surface area contributed by atoms with Gasteiger partial charge in [0.1, 0.15) is 0 Å². The molecule has 1 heterocycles. The second-order valence-electron chi connectivity index (χ2n) is 6.28. The number of hydrogen-bond donors (Lipinski definition) is 0. The Kier molecular flexibility index (Phi) is 4.06. The number of fused-ring (bicyclic) bond motifs is 3. The van der Waals surface area contributed by atoms with E-state index in [1.165, 1.54) is 37.8 Å². The molecule has 1 aliphatic carbocycles. The van der Waals surface area contributed by atoms with Crippen LogP contribution in [0.3, 0.4) is 0 Å². The lowest BCUT2D eigenvalue weighted by molar-refractivity contribution is -0.0521. The van der Waals surface area contributed by atoms with Gasteiger partial charge in [-0.05, 0) is 54.4 Å². The Balaban J connectivity index is 1.67. The first-order chi connectivity index (χ1) is 9.69. The molecule has 0 spiro atoms. The molecule has 3 heteroatoms. The minimum absolute atomic E-state index is 0.0116. The maximum absolute atomic E-state index is 13.4. The van der Waals surface area contributed by atoms with Crippen molar-refractivity contribution < 1.29 is 13.5 Å². The lowest BCUT2D eigenvalue weighted by Gasteiger charge is -2.32. The zero-order valence-electron chi connectivity index (χ0n) is 12.0. The number of ether oxygens (including phenoxy) is 1. The Morgan fingerprint density at radius 3 is 2.80 bits per heavy atom. The van der Waals surface area contributed by atoms with Gasteiger partial charge in [-0.1, -0.05) is 26.2 Å². The van der Waals surface area contributed by atoms with Gasteiger partial charge in [0.2, 0.25) is 0 Å². The first-order valence-electron chi connectivity index (χ1n) is 7.78. The molecule has 1 aliphatic heterocycles. The second kappa shape index (κ2) is 5.80. The fourth-order valence-corrected chi connectivity index (χ4v) is 3.74. The van der Waals surface area contributed by atoms with Crippen molar-refractivity contribution in [3.8, 4) is 0 Å². The van der Waals surface area contributed by atoms with Gasteiger partial charge in [-0.25, -0.2) is 8.78 Å². The number of hydrogen-bond acceptors (Lipinski definition) is 1. The molecule has 0 amide bonds. The van der Waals surface area contributed by atoms with Gasteiger partial charge >= 0.3 is 0 Å². The van der Waals surface area contributed by atoms with Crippen molar-refractivity contribution in [2.45, 2.75) is 51.6 Å². The summed E-state index contributed by atoms with van der Waals surface area (Å²) in [5, 5.41) is 0. The zero-order valence-corrected chi connectivity index (χ0v) is 12.0. The number of benzene rings is 1. The van der Waals surface area contributed by atoms with Crippen LogP contribution in [0.25, 0.3) is 0 Å². The van der Waals surface area contributed by atoms with E-state index >= 15 is 0 Å². The van der Waals surface area contributed by atoms with Crippen LogP contribution in [0.15, 0.2) is 12.1 Å². The van der Waals surface area contributed by atoms with Crippen LogP contribution in [0.4, 0.5) is 8.78 Å². The van der Waals surface area contributed by atoms with Crippen LogP contribution in [0.2, 0.25) is 0 Å². The van der Waals surface area contributed by atoms with Crippen LogP contribution < -0.4 is 0 Å². The molecule has 3 rings (SSSR count). The minimum atomic E-state index is -0.752. The predicted octanol–water partition coefficient (Wildman–Crippen LogP) is 4.80. The molecule has 3 unspecified atom stereocenters. The highest BCUT2D eigenvalue weighted by molar-refractivity contribution is 5.36. The van der Waals surface area contributed by atoms with E-state index in [2.05, 4.69) is 6.92 Å². The van der Waals surface area contributed by atoms with Gasteiger partial charge in [0, 0.05) is 0 Å². The first kappa shape index (κ1) is 14.0. The average molecular weight is 280 g/mol. The molecule has 0 bridgehead atoms. The molecular formula is C17H22F2O. The van der Waals surface area contributed by atoms with Crippen LogP contribution in [-0.2, 0) is 11.2 Å². The van der Waals surface area contributed by atoms with Crippen LogP contribution in [0.5, 0.6) is 0 Å². The van der Waals surface area contributed by atoms with E-state index in [0.717, 1.165) is 30.6 Å². The summed E-state index contributed by atoms with van der Waals surface area (Å²) >= 11 is 0. The molecule has 110 valence electrons. The normalized spacial score (nSPS) is 28.2. The van der Waals surface area contributed by atoms with Gasteiger partial charge in [-0.2, -0.15) is 0 Å². The summed E-state index contributed by atoms with van der Waals surface area (Å²) in [6.07, 6.45) is 6.95. The van der Waals surface area contributed by atoms with Crippen molar-refractivity contribution in [2.24, 2.45) is 11.8 Å². The lowest BCUT2D eigenvalue weighted by Crippen LogP contribution is -2.26. The fraction of sp³-hybridized carbons (Fsp3) is 0.647. The summed E-state index contributed by atoms with van der Waals surface area (Å²) in [5.74, 6) is -0.460. The fourth-order valence-electron chi connectivity index (χ4n) is 3.74. The van der Waals surface area contributed by atoms with Crippen LogP contribution >= 0.6 is 0 Å². The van der Waals surface area contributed by atoms with E-state index in [1.54, 1.807) is 0 Å². The van der Waals surface area contributed by atoms with E-state index in [4.69, 9.17) is 4.74 Å². The minimum Gasteiger partial charge on any atom is -0.373 e. The van der Waals surface area contributed by atoms with Crippen LogP contribution in [0.1, 0.15) is 56.3 Å². The summed E-state index contributed by atoms with van der Waals surface area (Å²) in [6.45, 7) is 2.98. The molecule has 20 heavy (non-hydrogen) atoms. The molecule has 1 fully saturated rings. The van der Waals surface area contributed by atoms with Crippen molar-refractivity contribution in [3.63, 3.8) is 0 Å². The molecule has 1 aromatic rings. The monoisotopic (exact) mass is 280 g/mol. The van der Waals surface area contributed by atoms with Gasteiger partial charge in [0.15, 0.2) is 11.6 Å². The maximum atomic E-state index is 13.4. The Hall–Kier alpha value is -0.960. The third-order valence-electron chi connectivity index (χ3n) is 4.76. The van der Waals surface area contributed by atoms with Crippen molar-refractivity contribution >= 4 is 0 Å². The molecule has 1 nitrogen and oxygen atoms in total. The molecule has 3 atom stereocenters. The van der Waals surface area contributed by atoms with E-state index in [-0.39, 0.29) is 6.10 Å². The van der Waals surface area contributed by atoms with Gasteiger partial charge in [-0.15, -0.1) is 0 Å². The summed E-state index contributed by atoms with van der Waals surface area (Å²) in [5.41, 5.74) is 1.81. The summed E-state index contributed by atoms with van der Waals surface area (Å²) < 4.78 is 32.7. The standard InChI is InChI=1S/C17H22F2O/c1-2-3-4-5-11-6-13-7-12-8-15(18)16(19)9-14(12)17(13)20-10-11/h8-9,11,13,17H,2-7,10H2,1H3. The smallest absolute Gasteiger partial charge is 0.159 e. The van der Waals surface area contributed by atoms with Gasteiger partial charge < -0.3 is 4.74 Å². The number of rotatable bonds is 4. The van der Waals surface area contributed by atoms with Crippen molar-refractivity contribution in [2.75, 3.05) is 6.61 Å². The molecular weight excluding hydrogens is 258 g/mol. The SMILES string of the molecule is CCCCCC1COC2c3cc(F)c(F)cc3CC2C1. The zero-order chi connectivity index (χ0) is 14.1. The van der Waals surface area contributed by atoms with E-state index in [9.17, 15) is 8.78 Å². The highest BCUT2D eigenvalue weighted by atomic mass is 19.2. The predicted molar refractivity (Wildman–Crippen MR) is 74.5 cm³/mol. The summed E-state index contributed by atoms with van der Waals surface area (Å²) in [6, 6.07) is 2.70. The first-order valence-corrected chi connectivity index (χ1v) is 7.78. The molecule has 0 radical (unpaired) electrons. The quantitative estimate of drug-likeness (QED) is 0.720. The molecule has 0 saturated carbocycles. The average Bonchev–Trinajstić information content (AvgIpc) is 2.76. The Morgan fingerprint density at radius 2 is 2.00 bits per heavy atom. The van der Waals surface area contributed by atoms with Crippen LogP contribution in [-0.4, -0.2) is 6.61 Å². The Morgan fingerprint density at radius 1 is 1.20 bits per heavy atom. The van der Waals surface area contributed by atoms with E-state index in [0.29, 0.717) is 11.8 Å². The van der Waals surface area contributed by atoms with Crippen molar-refractivity contribution in [1.82, 2.24) is 0 Å². The van der Waals surface area contributed by atoms with E-state index < -0.39 is 11.6 Å². The molecule has 1 aromatic carbocycles. The number of unbranched alkanes of at least 4 members (excludes halogenated alkanes) is 2. The second-order valence-corrected chi connectivity index (χ2v) is 6.28. The molecule has 2 aliphatic rings. The molecule has 0 N–H and O–H groups in total. The highest BCUT2D eigenvalue weighted by Crippen LogP contribution is 2.46. The van der Waals surface area contributed by atoms with Gasteiger partial charge in [0.05, 0.1) is 12.7 Å². The molecule has 1 saturated heterocycles. The van der Waals surface area contributed by atoms with Crippen molar-refractivity contribution in [3.05, 3.63) is 34.9 Å². The largest absolute Gasteiger partial charge is 0.373 e. The third-order valence-corrected chi connectivity index (χ3v) is 4.76. The Labute approximate surface area is 119 Å². The van der Waals surface area contributed by atoms with Gasteiger partial charge in [-0.3, -0.25) is 0 Å². The van der Waals surface area contributed by atoms with Gasteiger partial charge in [0.25, 0.3) is 0 Å². The maximum Gasteiger partial charge on any atom is 0.159 e. The summed E-state index contributed by atoms with van der Waals surface area (Å²) in [4.78, 5) is 0. The number of halogens is 2. The van der Waals surface area contributed by atoms with E-state index in [1.807, 2.05) is 0 Å². The topological polar surface area (TPSA) is 9.23 Å². The van der Waals surface area contributed by atoms with Crippen LogP contribution in [0, 0.1) is 23.5 Å². The van der Waals surface area contributed by atoms with Crippen molar-refractivity contribution in [1.29, 1.82) is 0 Å². The summed E-state index contributed by atoms with van der Waals surface area (Å²) in [7, 11) is 0. The highest BCUT2D eigenvalue weighted by Gasteiger charge is 2.39. The lowest BCUT2D eigenvalue weighted by atomic mass is 9.85.